The average molecular weight is 299 g/mol. The average Bonchev–Trinajstić information content (AvgIpc) is 2.44. The summed E-state index contributed by atoms with van der Waals surface area (Å²) >= 11 is 5.88. The van der Waals surface area contributed by atoms with Gasteiger partial charge in [0.25, 0.3) is 0 Å². The first kappa shape index (κ1) is 17.4. The topological polar surface area (TPSA) is 24.5 Å². The maximum atomic E-state index is 5.88. The summed E-state index contributed by atoms with van der Waals surface area (Å²) in [5.74, 6) is 0. The van der Waals surface area contributed by atoms with E-state index >= 15 is 0 Å². The van der Waals surface area contributed by atoms with Crippen LogP contribution in [0.5, 0.6) is 0 Å². The number of likely N-dealkylation sites (N-methyl/N-ethyl adjacent to an activating group) is 1. The summed E-state index contributed by atoms with van der Waals surface area (Å²) in [6, 6.07) is 8.06. The molecule has 3 nitrogen and oxygen atoms in total. The Labute approximate surface area is 128 Å². The van der Waals surface area contributed by atoms with Crippen molar-refractivity contribution in [3.8, 4) is 0 Å². The van der Waals surface area contributed by atoms with Crippen molar-refractivity contribution in [2.45, 2.75) is 26.3 Å². The molecule has 0 saturated carbocycles. The van der Waals surface area contributed by atoms with Crippen LogP contribution in [0, 0.1) is 0 Å². The fourth-order valence-electron chi connectivity index (χ4n) is 1.97. The molecule has 0 heterocycles. The van der Waals surface area contributed by atoms with Gasteiger partial charge in [0.15, 0.2) is 0 Å². The van der Waals surface area contributed by atoms with Gasteiger partial charge >= 0.3 is 0 Å². The highest BCUT2D eigenvalue weighted by atomic mass is 35.5. The Morgan fingerprint density at radius 1 is 1.15 bits per heavy atom. The first-order valence-corrected chi connectivity index (χ1v) is 7.81. The Hall–Kier alpha value is -0.610. The van der Waals surface area contributed by atoms with Crippen molar-refractivity contribution in [3.05, 3.63) is 34.9 Å². The number of hydrogen-bond donors (Lipinski definition) is 1. The molecule has 0 radical (unpaired) electrons. The number of halogens is 1. The fraction of sp³-hybridized carbons (Fsp3) is 0.625. The molecule has 0 amide bonds. The second-order valence-corrected chi connectivity index (χ2v) is 5.45. The number of unbranched alkanes of at least 4 members (excludes halogenated alkanes) is 1. The van der Waals surface area contributed by atoms with Crippen LogP contribution < -0.4 is 5.32 Å². The molecule has 4 heteroatoms. The van der Waals surface area contributed by atoms with Crippen LogP contribution in [0.3, 0.4) is 0 Å². The quantitative estimate of drug-likeness (QED) is 0.635. The van der Waals surface area contributed by atoms with Gasteiger partial charge < -0.3 is 15.0 Å². The van der Waals surface area contributed by atoms with Crippen LogP contribution in [0.1, 0.15) is 25.3 Å². The molecule has 1 aromatic carbocycles. The number of hydrogen-bond acceptors (Lipinski definition) is 3. The fourth-order valence-corrected chi connectivity index (χ4v) is 2.10. The third kappa shape index (κ3) is 8.54. The Morgan fingerprint density at radius 3 is 2.60 bits per heavy atom. The predicted octanol–water partition coefficient (Wildman–Crippen LogP) is 3.18. The molecule has 20 heavy (non-hydrogen) atoms. The highest BCUT2D eigenvalue weighted by Crippen LogP contribution is 2.10. The van der Waals surface area contributed by atoms with E-state index in [4.69, 9.17) is 16.3 Å². The summed E-state index contributed by atoms with van der Waals surface area (Å²) in [4.78, 5) is 2.32. The molecular formula is C16H27ClN2O. The van der Waals surface area contributed by atoms with Gasteiger partial charge in [0.2, 0.25) is 0 Å². The Morgan fingerprint density at radius 2 is 1.90 bits per heavy atom. The summed E-state index contributed by atoms with van der Waals surface area (Å²) in [5, 5.41) is 4.27. The zero-order chi connectivity index (χ0) is 14.6. The van der Waals surface area contributed by atoms with Gasteiger partial charge in [-0.1, -0.05) is 23.7 Å². The van der Waals surface area contributed by atoms with E-state index in [-0.39, 0.29) is 0 Å². The SMILES string of the molecule is CCOCCCCNCCN(C)Cc1ccc(Cl)cc1. The summed E-state index contributed by atoms with van der Waals surface area (Å²) in [6.07, 6.45) is 2.32. The zero-order valence-corrected chi connectivity index (χ0v) is 13.5. The first-order valence-electron chi connectivity index (χ1n) is 7.44. The molecule has 0 aliphatic heterocycles. The lowest BCUT2D eigenvalue weighted by Gasteiger charge is -2.17. The van der Waals surface area contributed by atoms with E-state index in [2.05, 4.69) is 29.4 Å². The second-order valence-electron chi connectivity index (χ2n) is 5.02. The second kappa shape index (κ2) is 11.1. The number of nitrogens with zero attached hydrogens (tertiary/aromatic N) is 1. The Kier molecular flexibility index (Phi) is 9.67. The van der Waals surface area contributed by atoms with Crippen LogP contribution in [0.15, 0.2) is 24.3 Å². The van der Waals surface area contributed by atoms with Crippen LogP contribution >= 0.6 is 11.6 Å². The summed E-state index contributed by atoms with van der Waals surface area (Å²) in [5.41, 5.74) is 1.30. The van der Waals surface area contributed by atoms with E-state index in [1.807, 2.05) is 19.1 Å². The van der Waals surface area contributed by atoms with Crippen molar-refractivity contribution in [3.63, 3.8) is 0 Å². The van der Waals surface area contributed by atoms with E-state index in [9.17, 15) is 0 Å². The van der Waals surface area contributed by atoms with Crippen LogP contribution in [0.2, 0.25) is 5.02 Å². The monoisotopic (exact) mass is 298 g/mol. The lowest BCUT2D eigenvalue weighted by atomic mass is 10.2. The molecule has 0 saturated heterocycles. The number of ether oxygens (including phenoxy) is 1. The van der Waals surface area contributed by atoms with E-state index < -0.39 is 0 Å². The molecule has 0 unspecified atom stereocenters. The van der Waals surface area contributed by atoms with Crippen LogP contribution in [0.25, 0.3) is 0 Å². The highest BCUT2D eigenvalue weighted by molar-refractivity contribution is 6.30. The minimum absolute atomic E-state index is 0.796. The minimum atomic E-state index is 0.796. The third-order valence-electron chi connectivity index (χ3n) is 3.13. The summed E-state index contributed by atoms with van der Waals surface area (Å²) < 4.78 is 5.31. The molecule has 0 aromatic heterocycles. The molecule has 0 fully saturated rings. The highest BCUT2D eigenvalue weighted by Gasteiger charge is 2.00. The van der Waals surface area contributed by atoms with E-state index in [0.717, 1.165) is 50.8 Å². The number of rotatable bonds is 11. The van der Waals surface area contributed by atoms with E-state index in [1.165, 1.54) is 12.0 Å². The number of nitrogens with one attached hydrogen (secondary N) is 1. The molecule has 0 atom stereocenters. The lowest BCUT2D eigenvalue weighted by Crippen LogP contribution is -2.29. The van der Waals surface area contributed by atoms with Gasteiger partial charge in [0, 0.05) is 37.9 Å². The van der Waals surface area contributed by atoms with Crippen molar-refractivity contribution < 1.29 is 4.74 Å². The van der Waals surface area contributed by atoms with Crippen molar-refractivity contribution in [1.29, 1.82) is 0 Å². The zero-order valence-electron chi connectivity index (χ0n) is 12.7. The number of benzene rings is 1. The standard InChI is InChI=1S/C16H27ClN2O/c1-3-20-13-5-4-10-18-11-12-19(2)14-15-6-8-16(17)9-7-15/h6-9,18H,3-5,10-14H2,1-2H3. The molecule has 1 N–H and O–H groups in total. The summed E-state index contributed by atoms with van der Waals surface area (Å²) in [7, 11) is 2.14. The summed E-state index contributed by atoms with van der Waals surface area (Å²) in [6.45, 7) is 7.85. The van der Waals surface area contributed by atoms with Crippen molar-refractivity contribution in [2.24, 2.45) is 0 Å². The smallest absolute Gasteiger partial charge is 0.0466 e. The Balaban J connectivity index is 2.00. The van der Waals surface area contributed by atoms with E-state index in [1.54, 1.807) is 0 Å². The maximum absolute atomic E-state index is 5.88. The first-order chi connectivity index (χ1) is 9.72. The van der Waals surface area contributed by atoms with Gasteiger partial charge in [0.1, 0.15) is 0 Å². The molecule has 0 spiro atoms. The van der Waals surface area contributed by atoms with Gasteiger partial charge in [-0.3, -0.25) is 0 Å². The van der Waals surface area contributed by atoms with Crippen molar-refractivity contribution in [2.75, 3.05) is 39.9 Å². The molecular weight excluding hydrogens is 272 g/mol. The predicted molar refractivity (Wildman–Crippen MR) is 86.4 cm³/mol. The molecule has 1 aromatic rings. The van der Waals surface area contributed by atoms with Gasteiger partial charge in [-0.05, 0) is 51.1 Å². The normalized spacial score (nSPS) is 11.2. The minimum Gasteiger partial charge on any atom is -0.382 e. The van der Waals surface area contributed by atoms with Gasteiger partial charge in [-0.25, -0.2) is 0 Å². The molecule has 114 valence electrons. The van der Waals surface area contributed by atoms with Crippen molar-refractivity contribution in [1.82, 2.24) is 10.2 Å². The van der Waals surface area contributed by atoms with Gasteiger partial charge in [-0.2, -0.15) is 0 Å². The third-order valence-corrected chi connectivity index (χ3v) is 3.38. The molecule has 0 bridgehead atoms. The molecule has 0 aliphatic rings. The van der Waals surface area contributed by atoms with Crippen LogP contribution in [0.4, 0.5) is 0 Å². The lowest BCUT2D eigenvalue weighted by molar-refractivity contribution is 0.143. The van der Waals surface area contributed by atoms with Crippen molar-refractivity contribution >= 4 is 11.6 Å². The van der Waals surface area contributed by atoms with Crippen LogP contribution in [-0.2, 0) is 11.3 Å². The van der Waals surface area contributed by atoms with Crippen LogP contribution in [-0.4, -0.2) is 44.8 Å². The molecule has 1 rings (SSSR count). The largest absolute Gasteiger partial charge is 0.382 e. The van der Waals surface area contributed by atoms with Gasteiger partial charge in [-0.15, -0.1) is 0 Å². The Bertz CT molecular complexity index is 343. The maximum Gasteiger partial charge on any atom is 0.0466 e. The molecule has 0 aliphatic carbocycles. The van der Waals surface area contributed by atoms with Gasteiger partial charge in [0.05, 0.1) is 0 Å². The van der Waals surface area contributed by atoms with E-state index in [0.29, 0.717) is 0 Å².